The third-order valence-corrected chi connectivity index (χ3v) is 2.44. The number of phenols is 5. The van der Waals surface area contributed by atoms with Crippen LogP contribution in [0.5, 0.6) is 28.7 Å². The van der Waals surface area contributed by atoms with Gasteiger partial charge in [-0.3, -0.25) is 0 Å². The molecule has 0 atom stereocenters. The number of aromatic hydroxyl groups is 5. The largest absolute Gasteiger partial charge is 0.508 e. The Morgan fingerprint density at radius 1 is 0.348 bits per heavy atom. The van der Waals surface area contributed by atoms with E-state index in [2.05, 4.69) is 0 Å². The normalized spacial score (nSPS) is 8.87. The van der Waals surface area contributed by atoms with Gasteiger partial charge >= 0.3 is 0 Å². The summed E-state index contributed by atoms with van der Waals surface area (Å²) in [5, 5.41) is 43.2. The molecule has 0 aliphatic carbocycles. The second-order valence-electron chi connectivity index (χ2n) is 4.37. The van der Waals surface area contributed by atoms with Gasteiger partial charge in [-0.05, 0) is 48.5 Å². The summed E-state index contributed by atoms with van der Waals surface area (Å²) in [6.45, 7) is 0. The average molecular weight is 314 g/mol. The molecule has 0 heterocycles. The Morgan fingerprint density at radius 3 is 0.957 bits per heavy atom. The van der Waals surface area contributed by atoms with Gasteiger partial charge < -0.3 is 25.5 Å². The summed E-state index contributed by atoms with van der Waals surface area (Å²) in [5.74, 6) is 0.836. The van der Waals surface area contributed by atoms with E-state index in [9.17, 15) is 0 Å². The predicted octanol–water partition coefficient (Wildman–Crippen LogP) is 3.59. The van der Waals surface area contributed by atoms with Crippen molar-refractivity contribution in [1.82, 2.24) is 0 Å². The lowest BCUT2D eigenvalue weighted by molar-refractivity contribution is 0.450. The highest BCUT2D eigenvalue weighted by Gasteiger charge is 1.85. The van der Waals surface area contributed by atoms with Gasteiger partial charge in [-0.15, -0.1) is 0 Å². The van der Waals surface area contributed by atoms with Gasteiger partial charge in [-0.1, -0.05) is 24.3 Å². The summed E-state index contributed by atoms with van der Waals surface area (Å²) >= 11 is 0. The topological polar surface area (TPSA) is 101 Å². The molecule has 0 bridgehead atoms. The van der Waals surface area contributed by atoms with E-state index >= 15 is 0 Å². The molecule has 120 valence electrons. The maximum absolute atomic E-state index is 8.65. The highest BCUT2D eigenvalue weighted by molar-refractivity contribution is 5.30. The Morgan fingerprint density at radius 2 is 0.696 bits per heavy atom. The van der Waals surface area contributed by atoms with Crippen LogP contribution in [0.2, 0.25) is 0 Å². The molecule has 0 aromatic heterocycles. The van der Waals surface area contributed by atoms with Gasteiger partial charge in [0, 0.05) is 6.07 Å². The highest BCUT2D eigenvalue weighted by Crippen LogP contribution is 2.15. The SMILES string of the molecule is Oc1ccc(O)cc1.Oc1cccc(O)c1.Oc1ccccc1. The van der Waals surface area contributed by atoms with Gasteiger partial charge in [0.1, 0.15) is 28.7 Å². The molecule has 0 aliphatic heterocycles. The minimum absolute atomic E-state index is 0.0880. The minimum Gasteiger partial charge on any atom is -0.508 e. The number of hydrogen-bond donors (Lipinski definition) is 5. The second kappa shape index (κ2) is 9.57. The van der Waals surface area contributed by atoms with Crippen molar-refractivity contribution >= 4 is 0 Å². The zero-order chi connectivity index (χ0) is 17.1. The summed E-state index contributed by atoms with van der Waals surface area (Å²) in [6.07, 6.45) is 0. The van der Waals surface area contributed by atoms with Crippen LogP contribution in [-0.4, -0.2) is 25.5 Å². The van der Waals surface area contributed by atoms with Crippen LogP contribution in [0.4, 0.5) is 0 Å². The third kappa shape index (κ3) is 8.52. The first-order chi connectivity index (χ1) is 11.0. The summed E-state index contributed by atoms with van der Waals surface area (Å²) in [7, 11) is 0. The Balaban J connectivity index is 0.000000173. The van der Waals surface area contributed by atoms with Crippen molar-refractivity contribution in [2.24, 2.45) is 0 Å². The van der Waals surface area contributed by atoms with Crippen molar-refractivity contribution in [2.45, 2.75) is 0 Å². The molecule has 0 spiro atoms. The van der Waals surface area contributed by atoms with Gasteiger partial charge in [0.2, 0.25) is 0 Å². The summed E-state index contributed by atoms with van der Waals surface area (Å²) in [6, 6.07) is 20.3. The molecule has 0 amide bonds. The molecular formula is C18H18O5. The molecule has 0 fully saturated rings. The maximum atomic E-state index is 8.65. The van der Waals surface area contributed by atoms with Gasteiger partial charge in [0.05, 0.1) is 0 Å². The van der Waals surface area contributed by atoms with Crippen LogP contribution < -0.4 is 0 Å². The number of para-hydroxylation sites is 1. The molecule has 0 unspecified atom stereocenters. The molecule has 5 heteroatoms. The van der Waals surface area contributed by atoms with E-state index in [-0.39, 0.29) is 23.0 Å². The fourth-order valence-electron chi connectivity index (χ4n) is 1.37. The Kier molecular flexibility index (Phi) is 7.37. The zero-order valence-corrected chi connectivity index (χ0v) is 12.2. The zero-order valence-electron chi connectivity index (χ0n) is 12.2. The van der Waals surface area contributed by atoms with E-state index < -0.39 is 0 Å². The monoisotopic (exact) mass is 314 g/mol. The molecule has 3 aromatic rings. The highest BCUT2D eigenvalue weighted by atomic mass is 16.3. The first-order valence-corrected chi connectivity index (χ1v) is 6.67. The van der Waals surface area contributed by atoms with E-state index in [0.29, 0.717) is 5.75 Å². The first-order valence-electron chi connectivity index (χ1n) is 6.67. The quantitative estimate of drug-likeness (QED) is 0.408. The summed E-state index contributed by atoms with van der Waals surface area (Å²) in [5.41, 5.74) is 0. The standard InChI is InChI=1S/2C6H6O2.C6H6O/c7-5-1-2-6(8)4-3-5;7-5-2-1-3-6(8)4-5;7-6-4-2-1-3-5-6/h2*1-4,7-8H;1-5,7H. The predicted molar refractivity (Wildman–Crippen MR) is 87.7 cm³/mol. The van der Waals surface area contributed by atoms with Crippen LogP contribution in [0, 0.1) is 0 Å². The van der Waals surface area contributed by atoms with Crippen LogP contribution in [0.25, 0.3) is 0 Å². The first kappa shape index (κ1) is 17.7. The van der Waals surface area contributed by atoms with E-state index in [1.165, 1.54) is 42.5 Å². The van der Waals surface area contributed by atoms with Crippen LogP contribution in [0.1, 0.15) is 0 Å². The minimum atomic E-state index is 0.0880. The molecule has 0 saturated heterocycles. The number of rotatable bonds is 0. The molecule has 5 nitrogen and oxygen atoms in total. The Hall–Kier alpha value is -3.34. The molecule has 0 aliphatic rings. The fraction of sp³-hybridized carbons (Fsp3) is 0. The van der Waals surface area contributed by atoms with E-state index in [0.717, 1.165) is 0 Å². The molecule has 3 rings (SSSR count). The molecule has 0 radical (unpaired) electrons. The van der Waals surface area contributed by atoms with Gasteiger partial charge in [0.15, 0.2) is 0 Å². The lowest BCUT2D eigenvalue weighted by Gasteiger charge is -1.89. The second-order valence-corrected chi connectivity index (χ2v) is 4.37. The van der Waals surface area contributed by atoms with Crippen molar-refractivity contribution in [1.29, 1.82) is 0 Å². The fourth-order valence-corrected chi connectivity index (χ4v) is 1.37. The summed E-state index contributed by atoms with van der Waals surface area (Å²) < 4.78 is 0. The van der Waals surface area contributed by atoms with Crippen molar-refractivity contribution in [3.8, 4) is 28.7 Å². The summed E-state index contributed by atoms with van der Waals surface area (Å²) in [4.78, 5) is 0. The van der Waals surface area contributed by atoms with Crippen LogP contribution in [0.15, 0.2) is 78.9 Å². The van der Waals surface area contributed by atoms with Gasteiger partial charge in [0.25, 0.3) is 0 Å². The number of hydrogen-bond acceptors (Lipinski definition) is 5. The average Bonchev–Trinajstić information content (AvgIpc) is 2.52. The Bertz CT molecular complexity index is 643. The van der Waals surface area contributed by atoms with Crippen molar-refractivity contribution in [3.63, 3.8) is 0 Å². The number of benzene rings is 3. The van der Waals surface area contributed by atoms with Gasteiger partial charge in [-0.2, -0.15) is 0 Å². The van der Waals surface area contributed by atoms with Crippen molar-refractivity contribution in [3.05, 3.63) is 78.9 Å². The maximum Gasteiger partial charge on any atom is 0.119 e. The molecule has 3 aromatic carbocycles. The van der Waals surface area contributed by atoms with E-state index in [1.807, 2.05) is 6.07 Å². The molecule has 23 heavy (non-hydrogen) atoms. The lowest BCUT2D eigenvalue weighted by atomic mass is 10.3. The van der Waals surface area contributed by atoms with Crippen LogP contribution in [0.3, 0.4) is 0 Å². The van der Waals surface area contributed by atoms with Crippen LogP contribution in [-0.2, 0) is 0 Å². The van der Waals surface area contributed by atoms with Crippen molar-refractivity contribution < 1.29 is 25.5 Å². The molecular weight excluding hydrogens is 296 g/mol. The number of phenolic OH excluding ortho intramolecular Hbond substituents is 5. The third-order valence-electron chi connectivity index (χ3n) is 2.44. The van der Waals surface area contributed by atoms with E-state index in [4.69, 9.17) is 25.5 Å². The Labute approximate surface area is 134 Å². The van der Waals surface area contributed by atoms with Gasteiger partial charge in [-0.25, -0.2) is 0 Å². The smallest absolute Gasteiger partial charge is 0.119 e. The van der Waals surface area contributed by atoms with Crippen LogP contribution >= 0.6 is 0 Å². The van der Waals surface area contributed by atoms with Crippen molar-refractivity contribution in [2.75, 3.05) is 0 Å². The molecule has 0 saturated carbocycles. The van der Waals surface area contributed by atoms with E-state index in [1.54, 1.807) is 30.3 Å². The lowest BCUT2D eigenvalue weighted by Crippen LogP contribution is -1.61. The molecule has 5 N–H and O–H groups in total.